The highest BCUT2D eigenvalue weighted by Crippen LogP contribution is 2.24. The lowest BCUT2D eigenvalue weighted by Crippen LogP contribution is -2.45. The summed E-state index contributed by atoms with van der Waals surface area (Å²) in [5.41, 5.74) is 0.711. The number of rotatable bonds is 4. The summed E-state index contributed by atoms with van der Waals surface area (Å²) in [5.74, 6) is -0.506. The number of carbonyl (C=O) groups excluding carboxylic acids is 1. The number of halogens is 2. The average molecular weight is 300 g/mol. The maximum absolute atomic E-state index is 13.3. The van der Waals surface area contributed by atoms with E-state index in [1.807, 2.05) is 4.90 Å². The molecule has 3 nitrogen and oxygen atoms in total. The SMILES string of the molecule is CCOC(=O)C1CCCCN1Cc1cc(F)ccc1Cl. The molecule has 1 fully saturated rings. The average Bonchev–Trinajstić information content (AvgIpc) is 2.44. The fourth-order valence-electron chi connectivity index (χ4n) is 2.57. The highest BCUT2D eigenvalue weighted by Gasteiger charge is 2.30. The zero-order valence-electron chi connectivity index (χ0n) is 11.6. The van der Waals surface area contributed by atoms with Crippen molar-refractivity contribution in [1.29, 1.82) is 0 Å². The molecule has 2 rings (SSSR count). The van der Waals surface area contributed by atoms with Gasteiger partial charge in [-0.05, 0) is 50.1 Å². The number of carbonyl (C=O) groups is 1. The van der Waals surface area contributed by atoms with Crippen LogP contribution in [0.4, 0.5) is 4.39 Å². The maximum atomic E-state index is 13.3. The van der Waals surface area contributed by atoms with Crippen LogP contribution in [-0.4, -0.2) is 30.1 Å². The smallest absolute Gasteiger partial charge is 0.323 e. The molecule has 1 unspecified atom stereocenters. The third-order valence-electron chi connectivity index (χ3n) is 3.55. The Hall–Kier alpha value is -1.13. The predicted molar refractivity (Wildman–Crippen MR) is 76.1 cm³/mol. The van der Waals surface area contributed by atoms with Gasteiger partial charge in [-0.2, -0.15) is 0 Å². The quantitative estimate of drug-likeness (QED) is 0.798. The third kappa shape index (κ3) is 3.70. The van der Waals surface area contributed by atoms with Crippen LogP contribution < -0.4 is 0 Å². The van der Waals surface area contributed by atoms with Crippen LogP contribution in [0.25, 0.3) is 0 Å². The number of esters is 1. The van der Waals surface area contributed by atoms with Crippen molar-refractivity contribution in [3.8, 4) is 0 Å². The van der Waals surface area contributed by atoms with Crippen LogP contribution in [0, 0.1) is 5.82 Å². The molecule has 110 valence electrons. The Balaban J connectivity index is 2.12. The summed E-state index contributed by atoms with van der Waals surface area (Å²) in [6.07, 6.45) is 2.82. The van der Waals surface area contributed by atoms with Crippen molar-refractivity contribution in [3.05, 3.63) is 34.6 Å². The number of ether oxygens (including phenoxy) is 1. The van der Waals surface area contributed by atoms with Gasteiger partial charge in [-0.3, -0.25) is 9.69 Å². The summed E-state index contributed by atoms with van der Waals surface area (Å²) in [5, 5.41) is 0.527. The Morgan fingerprint density at radius 3 is 3.05 bits per heavy atom. The molecule has 0 aliphatic carbocycles. The van der Waals surface area contributed by atoms with Crippen LogP contribution in [0.2, 0.25) is 5.02 Å². The molecular weight excluding hydrogens is 281 g/mol. The molecule has 5 heteroatoms. The van der Waals surface area contributed by atoms with E-state index in [9.17, 15) is 9.18 Å². The summed E-state index contributed by atoms with van der Waals surface area (Å²) in [6, 6.07) is 4.07. The van der Waals surface area contributed by atoms with Gasteiger partial charge < -0.3 is 4.74 Å². The minimum absolute atomic E-state index is 0.195. The Labute approximate surface area is 123 Å². The van der Waals surface area contributed by atoms with Gasteiger partial charge in [0.1, 0.15) is 11.9 Å². The highest BCUT2D eigenvalue weighted by atomic mass is 35.5. The second kappa shape index (κ2) is 7.04. The maximum Gasteiger partial charge on any atom is 0.323 e. The van der Waals surface area contributed by atoms with Crippen molar-refractivity contribution < 1.29 is 13.9 Å². The van der Waals surface area contributed by atoms with Crippen molar-refractivity contribution in [2.75, 3.05) is 13.2 Å². The Bertz CT molecular complexity index is 481. The Kier molecular flexibility index (Phi) is 5.38. The molecule has 1 aromatic rings. The lowest BCUT2D eigenvalue weighted by molar-refractivity contribution is -0.151. The molecule has 1 aromatic carbocycles. The van der Waals surface area contributed by atoms with E-state index in [1.165, 1.54) is 12.1 Å². The monoisotopic (exact) mass is 299 g/mol. The summed E-state index contributed by atoms with van der Waals surface area (Å²) >= 11 is 6.09. The summed E-state index contributed by atoms with van der Waals surface area (Å²) in [6.45, 7) is 3.45. The summed E-state index contributed by atoms with van der Waals surface area (Å²) in [4.78, 5) is 14.0. The molecule has 0 spiro atoms. The predicted octanol–water partition coefficient (Wildman–Crippen LogP) is 3.40. The van der Waals surface area contributed by atoms with Crippen LogP contribution in [-0.2, 0) is 16.1 Å². The number of piperidine rings is 1. The zero-order chi connectivity index (χ0) is 14.5. The largest absolute Gasteiger partial charge is 0.465 e. The minimum Gasteiger partial charge on any atom is -0.465 e. The zero-order valence-corrected chi connectivity index (χ0v) is 12.3. The van der Waals surface area contributed by atoms with Crippen LogP contribution >= 0.6 is 11.6 Å². The summed E-state index contributed by atoms with van der Waals surface area (Å²) in [7, 11) is 0. The van der Waals surface area contributed by atoms with Crippen molar-refractivity contribution >= 4 is 17.6 Å². The van der Waals surface area contributed by atoms with Gasteiger partial charge in [-0.15, -0.1) is 0 Å². The van der Waals surface area contributed by atoms with Gasteiger partial charge in [-0.25, -0.2) is 4.39 Å². The molecule has 1 atom stereocenters. The van der Waals surface area contributed by atoms with Crippen molar-refractivity contribution in [2.24, 2.45) is 0 Å². The van der Waals surface area contributed by atoms with E-state index in [4.69, 9.17) is 16.3 Å². The van der Waals surface area contributed by atoms with Gasteiger partial charge in [-0.1, -0.05) is 18.0 Å². The van der Waals surface area contributed by atoms with Gasteiger partial charge in [0.2, 0.25) is 0 Å². The Morgan fingerprint density at radius 2 is 2.30 bits per heavy atom. The normalized spacial score (nSPS) is 19.9. The highest BCUT2D eigenvalue weighted by molar-refractivity contribution is 6.31. The first kappa shape index (κ1) is 15.3. The topological polar surface area (TPSA) is 29.5 Å². The number of benzene rings is 1. The van der Waals surface area contributed by atoms with Crippen LogP contribution in [0.1, 0.15) is 31.7 Å². The van der Waals surface area contributed by atoms with Gasteiger partial charge in [0.05, 0.1) is 6.61 Å². The molecule has 1 aliphatic rings. The second-order valence-corrected chi connectivity index (χ2v) is 5.38. The fourth-order valence-corrected chi connectivity index (χ4v) is 2.75. The van der Waals surface area contributed by atoms with Crippen molar-refractivity contribution in [2.45, 2.75) is 38.8 Å². The molecule has 0 N–H and O–H groups in total. The molecule has 0 bridgehead atoms. The third-order valence-corrected chi connectivity index (χ3v) is 3.92. The number of hydrogen-bond acceptors (Lipinski definition) is 3. The lowest BCUT2D eigenvalue weighted by Gasteiger charge is -2.34. The standard InChI is InChI=1S/C15H19ClFNO2/c1-2-20-15(19)14-5-3-4-8-18(14)10-11-9-12(17)6-7-13(11)16/h6-7,9,14H,2-5,8,10H2,1H3. The molecule has 0 saturated carbocycles. The van der Waals surface area contributed by atoms with Gasteiger partial charge in [0.15, 0.2) is 0 Å². The first-order valence-electron chi connectivity index (χ1n) is 6.96. The minimum atomic E-state index is -0.311. The summed E-state index contributed by atoms with van der Waals surface area (Å²) < 4.78 is 18.4. The molecule has 1 heterocycles. The van der Waals surface area contributed by atoms with Gasteiger partial charge in [0, 0.05) is 11.6 Å². The molecule has 20 heavy (non-hydrogen) atoms. The number of nitrogens with zero attached hydrogens (tertiary/aromatic N) is 1. The molecule has 0 amide bonds. The number of hydrogen-bond donors (Lipinski definition) is 0. The van der Waals surface area contributed by atoms with E-state index >= 15 is 0 Å². The molecule has 1 aliphatic heterocycles. The van der Waals surface area contributed by atoms with E-state index < -0.39 is 0 Å². The van der Waals surface area contributed by atoms with Gasteiger partial charge in [0.25, 0.3) is 0 Å². The molecular formula is C15H19ClFNO2. The van der Waals surface area contributed by atoms with E-state index in [0.29, 0.717) is 23.7 Å². The van der Waals surface area contributed by atoms with Crippen molar-refractivity contribution in [3.63, 3.8) is 0 Å². The van der Waals surface area contributed by atoms with E-state index in [-0.39, 0.29) is 17.8 Å². The van der Waals surface area contributed by atoms with Crippen LogP contribution in [0.5, 0.6) is 0 Å². The fraction of sp³-hybridized carbons (Fsp3) is 0.533. The first-order valence-corrected chi connectivity index (χ1v) is 7.34. The van der Waals surface area contributed by atoms with E-state index in [1.54, 1.807) is 13.0 Å². The number of likely N-dealkylation sites (tertiary alicyclic amines) is 1. The molecule has 0 radical (unpaired) electrons. The van der Waals surface area contributed by atoms with Gasteiger partial charge >= 0.3 is 5.97 Å². The second-order valence-electron chi connectivity index (χ2n) is 4.97. The van der Waals surface area contributed by atoms with Crippen LogP contribution in [0.3, 0.4) is 0 Å². The van der Waals surface area contributed by atoms with Crippen LogP contribution in [0.15, 0.2) is 18.2 Å². The lowest BCUT2D eigenvalue weighted by atomic mass is 10.0. The first-order chi connectivity index (χ1) is 9.61. The van der Waals surface area contributed by atoms with E-state index in [2.05, 4.69) is 0 Å². The van der Waals surface area contributed by atoms with Crippen molar-refractivity contribution in [1.82, 2.24) is 4.90 Å². The van der Waals surface area contributed by atoms with E-state index in [0.717, 1.165) is 25.8 Å². The molecule has 1 saturated heterocycles. The Morgan fingerprint density at radius 1 is 1.50 bits per heavy atom. The molecule has 0 aromatic heterocycles.